The third-order valence-corrected chi connectivity index (χ3v) is 12.9. The van der Waals surface area contributed by atoms with Crippen LogP contribution in [0, 0.1) is 0 Å². The molecule has 0 spiro atoms. The standard InChI is InChI=1S/C58H44N2/c1-57(2)51-28-16-15-27-49(51)50-37-35-47(39-54(50)57)59(46-33-31-42(32-34-46)41-19-7-3-8-20-41)48-36-38-53-56(40-48)60(45-25-13-6-14-26-45)55-30-18-17-29-52(55)58(53,43-21-9-4-10-22-43)44-23-11-5-12-24-44/h3-40H,1-2H3. The highest BCUT2D eigenvalue weighted by molar-refractivity contribution is 5.93. The zero-order chi connectivity index (χ0) is 40.3. The lowest BCUT2D eigenvalue weighted by molar-refractivity contribution is 0.660. The minimum Gasteiger partial charge on any atom is -0.310 e. The Morgan fingerprint density at radius 2 is 0.833 bits per heavy atom. The lowest BCUT2D eigenvalue weighted by atomic mass is 9.62. The van der Waals surface area contributed by atoms with Crippen molar-refractivity contribution < 1.29 is 0 Å². The van der Waals surface area contributed by atoms with Crippen molar-refractivity contribution in [2.24, 2.45) is 0 Å². The number of hydrogen-bond donors (Lipinski definition) is 0. The van der Waals surface area contributed by atoms with Crippen LogP contribution in [0.4, 0.5) is 34.1 Å². The predicted octanol–water partition coefficient (Wildman–Crippen LogP) is 15.3. The van der Waals surface area contributed by atoms with E-state index in [1.165, 1.54) is 55.6 Å². The van der Waals surface area contributed by atoms with Crippen LogP contribution in [0.1, 0.15) is 47.2 Å². The zero-order valence-electron chi connectivity index (χ0n) is 33.8. The van der Waals surface area contributed by atoms with Gasteiger partial charge in [0.15, 0.2) is 0 Å². The molecule has 11 rings (SSSR count). The van der Waals surface area contributed by atoms with Crippen LogP contribution in [-0.2, 0) is 10.8 Å². The highest BCUT2D eigenvalue weighted by Crippen LogP contribution is 2.59. The molecule has 1 aliphatic heterocycles. The van der Waals surface area contributed by atoms with Gasteiger partial charge in [0, 0.05) is 28.2 Å². The molecule has 9 aromatic rings. The Kier molecular flexibility index (Phi) is 8.42. The molecular weight excluding hydrogens is 725 g/mol. The fourth-order valence-electron chi connectivity index (χ4n) is 10.2. The number of fused-ring (bicyclic) bond motifs is 5. The number of nitrogens with zero attached hydrogens (tertiary/aromatic N) is 2. The molecule has 0 saturated heterocycles. The molecule has 2 heteroatoms. The normalized spacial score (nSPS) is 14.1. The van der Waals surface area contributed by atoms with E-state index in [4.69, 9.17) is 0 Å². The summed E-state index contributed by atoms with van der Waals surface area (Å²) in [5.74, 6) is 0. The summed E-state index contributed by atoms with van der Waals surface area (Å²) in [7, 11) is 0. The number of rotatable bonds is 7. The molecule has 2 nitrogen and oxygen atoms in total. The first-order valence-corrected chi connectivity index (χ1v) is 20.9. The largest absolute Gasteiger partial charge is 0.310 e. The molecule has 0 N–H and O–H groups in total. The van der Waals surface area contributed by atoms with E-state index >= 15 is 0 Å². The van der Waals surface area contributed by atoms with E-state index in [0.29, 0.717) is 0 Å². The molecule has 0 unspecified atom stereocenters. The molecule has 0 radical (unpaired) electrons. The molecule has 0 atom stereocenters. The van der Waals surface area contributed by atoms with Gasteiger partial charge >= 0.3 is 0 Å². The molecule has 9 aromatic carbocycles. The van der Waals surface area contributed by atoms with Gasteiger partial charge in [-0.2, -0.15) is 0 Å². The summed E-state index contributed by atoms with van der Waals surface area (Å²) in [6.07, 6.45) is 0. The summed E-state index contributed by atoms with van der Waals surface area (Å²) < 4.78 is 0. The Labute approximate surface area is 353 Å². The lowest BCUT2D eigenvalue weighted by Crippen LogP contribution is -2.37. The molecule has 286 valence electrons. The van der Waals surface area contributed by atoms with Gasteiger partial charge in [-0.25, -0.2) is 0 Å². The van der Waals surface area contributed by atoms with Crippen molar-refractivity contribution in [1.82, 2.24) is 0 Å². The van der Waals surface area contributed by atoms with Crippen molar-refractivity contribution in [1.29, 1.82) is 0 Å². The first-order valence-electron chi connectivity index (χ1n) is 20.9. The van der Waals surface area contributed by atoms with E-state index in [9.17, 15) is 0 Å². The van der Waals surface area contributed by atoms with Crippen molar-refractivity contribution >= 4 is 34.1 Å². The van der Waals surface area contributed by atoms with Crippen molar-refractivity contribution in [3.63, 3.8) is 0 Å². The average Bonchev–Trinajstić information content (AvgIpc) is 3.54. The molecule has 60 heavy (non-hydrogen) atoms. The molecule has 0 amide bonds. The average molecular weight is 769 g/mol. The van der Waals surface area contributed by atoms with Gasteiger partial charge in [-0.15, -0.1) is 0 Å². The quantitative estimate of drug-likeness (QED) is 0.159. The van der Waals surface area contributed by atoms with E-state index in [2.05, 4.69) is 254 Å². The van der Waals surface area contributed by atoms with Crippen LogP contribution in [0.2, 0.25) is 0 Å². The maximum atomic E-state index is 2.47. The Hall–Kier alpha value is -7.42. The minimum absolute atomic E-state index is 0.139. The maximum Gasteiger partial charge on any atom is 0.0742 e. The van der Waals surface area contributed by atoms with Crippen LogP contribution < -0.4 is 9.80 Å². The fraction of sp³-hybridized carbons (Fsp3) is 0.0690. The van der Waals surface area contributed by atoms with Gasteiger partial charge in [-0.1, -0.05) is 190 Å². The SMILES string of the molecule is CC1(C)c2ccccc2-c2ccc(N(c3ccc(-c4ccccc4)cc3)c3ccc4c(c3)N(c3ccccc3)c3ccccc3C4(c3ccccc3)c3ccccc3)cc21. The number of hydrogen-bond acceptors (Lipinski definition) is 2. The third-order valence-electron chi connectivity index (χ3n) is 12.9. The first kappa shape index (κ1) is 35.7. The van der Waals surface area contributed by atoms with Crippen LogP contribution in [0.15, 0.2) is 231 Å². The monoisotopic (exact) mass is 768 g/mol. The minimum atomic E-state index is -0.580. The fourth-order valence-corrected chi connectivity index (χ4v) is 10.2. The van der Waals surface area contributed by atoms with Gasteiger partial charge < -0.3 is 9.80 Å². The summed E-state index contributed by atoms with van der Waals surface area (Å²) in [5, 5.41) is 0. The van der Waals surface area contributed by atoms with Gasteiger partial charge in [0.25, 0.3) is 0 Å². The Morgan fingerprint density at radius 1 is 0.350 bits per heavy atom. The molecule has 0 saturated carbocycles. The van der Waals surface area contributed by atoms with E-state index in [1.54, 1.807) is 0 Å². The maximum absolute atomic E-state index is 2.47. The van der Waals surface area contributed by atoms with E-state index in [1.807, 2.05) is 0 Å². The summed E-state index contributed by atoms with van der Waals surface area (Å²) in [6, 6.07) is 84.8. The highest BCUT2D eigenvalue weighted by Gasteiger charge is 2.46. The Bertz CT molecular complexity index is 2950. The topological polar surface area (TPSA) is 6.48 Å². The first-order chi connectivity index (χ1) is 29.5. The predicted molar refractivity (Wildman–Crippen MR) is 251 cm³/mol. The summed E-state index contributed by atoms with van der Waals surface area (Å²) >= 11 is 0. The summed E-state index contributed by atoms with van der Waals surface area (Å²) in [4.78, 5) is 4.92. The Morgan fingerprint density at radius 3 is 1.52 bits per heavy atom. The lowest BCUT2D eigenvalue weighted by Gasteiger charge is -2.47. The highest BCUT2D eigenvalue weighted by atomic mass is 15.2. The van der Waals surface area contributed by atoms with Crippen molar-refractivity contribution in [3.8, 4) is 22.3 Å². The van der Waals surface area contributed by atoms with Crippen molar-refractivity contribution in [2.75, 3.05) is 9.80 Å². The Balaban J connectivity index is 1.18. The van der Waals surface area contributed by atoms with E-state index < -0.39 is 5.41 Å². The number of benzene rings is 9. The second-order valence-electron chi connectivity index (χ2n) is 16.5. The molecule has 1 aliphatic carbocycles. The van der Waals surface area contributed by atoms with Gasteiger partial charge in [-0.3, -0.25) is 0 Å². The smallest absolute Gasteiger partial charge is 0.0742 e. The van der Waals surface area contributed by atoms with Gasteiger partial charge in [0.2, 0.25) is 0 Å². The van der Waals surface area contributed by atoms with Gasteiger partial charge in [0.1, 0.15) is 0 Å². The van der Waals surface area contributed by atoms with Crippen molar-refractivity contribution in [2.45, 2.75) is 24.7 Å². The zero-order valence-corrected chi connectivity index (χ0v) is 33.8. The molecular formula is C58H44N2. The summed E-state index contributed by atoms with van der Waals surface area (Å²) in [5.41, 5.74) is 18.7. The van der Waals surface area contributed by atoms with Crippen LogP contribution in [0.25, 0.3) is 22.3 Å². The molecule has 0 bridgehead atoms. The van der Waals surface area contributed by atoms with Crippen LogP contribution in [-0.4, -0.2) is 0 Å². The van der Waals surface area contributed by atoms with Crippen LogP contribution in [0.5, 0.6) is 0 Å². The second kappa shape index (κ2) is 14.1. The molecule has 0 aromatic heterocycles. The number of para-hydroxylation sites is 2. The van der Waals surface area contributed by atoms with Crippen LogP contribution >= 0.6 is 0 Å². The molecule has 0 fully saturated rings. The molecule has 2 aliphatic rings. The van der Waals surface area contributed by atoms with E-state index in [0.717, 1.165) is 34.1 Å². The van der Waals surface area contributed by atoms with E-state index in [-0.39, 0.29) is 5.41 Å². The van der Waals surface area contributed by atoms with Crippen molar-refractivity contribution in [3.05, 3.63) is 264 Å². The third kappa shape index (κ3) is 5.48. The molecule has 1 heterocycles. The number of anilines is 6. The van der Waals surface area contributed by atoms with Gasteiger partial charge in [0.05, 0.1) is 16.8 Å². The summed E-state index contributed by atoms with van der Waals surface area (Å²) in [6.45, 7) is 4.72. The second-order valence-corrected chi connectivity index (χ2v) is 16.5. The van der Waals surface area contributed by atoms with Crippen LogP contribution in [0.3, 0.4) is 0 Å². The van der Waals surface area contributed by atoms with Gasteiger partial charge in [-0.05, 0) is 110 Å².